The van der Waals surface area contributed by atoms with Gasteiger partial charge < -0.3 is 15.0 Å². The molecule has 3 heterocycles. The number of H-pyrrole nitrogens is 1. The molecule has 1 aromatic carbocycles. The van der Waals surface area contributed by atoms with Gasteiger partial charge in [-0.3, -0.25) is 19.7 Å². The highest BCUT2D eigenvalue weighted by Crippen LogP contribution is 2.22. The molecule has 1 fully saturated rings. The number of aromatic nitrogens is 3. The molecule has 2 amide bonds. The van der Waals surface area contributed by atoms with Gasteiger partial charge in [0.1, 0.15) is 17.1 Å². The molecule has 32 heavy (non-hydrogen) atoms. The van der Waals surface area contributed by atoms with Crippen LogP contribution in [0.25, 0.3) is 11.4 Å². The van der Waals surface area contributed by atoms with E-state index in [2.05, 4.69) is 20.5 Å². The number of nitrogens with zero attached hydrogens (tertiary/aromatic N) is 3. The molecule has 4 rings (SSSR count). The summed E-state index contributed by atoms with van der Waals surface area (Å²) in [5.74, 6) is 0.594. The average molecular weight is 434 g/mol. The molecule has 8 nitrogen and oxygen atoms in total. The predicted octanol–water partition coefficient (Wildman–Crippen LogP) is 3.04. The Morgan fingerprint density at radius 2 is 1.91 bits per heavy atom. The second-order valence-corrected chi connectivity index (χ2v) is 7.71. The number of amides is 2. The van der Waals surface area contributed by atoms with Crippen LogP contribution in [0, 0.1) is 5.92 Å². The molecular formula is C24H27N5O3. The number of carbonyl (C=O) groups excluding carboxylic acids is 2. The lowest BCUT2D eigenvalue weighted by Crippen LogP contribution is -2.43. The maximum Gasteiger partial charge on any atom is 0.271 e. The molecule has 0 bridgehead atoms. The van der Waals surface area contributed by atoms with Gasteiger partial charge >= 0.3 is 0 Å². The minimum atomic E-state index is -0.107. The Balaban J connectivity index is 1.29. The Morgan fingerprint density at radius 3 is 2.66 bits per heavy atom. The molecule has 2 aromatic heterocycles. The second kappa shape index (κ2) is 10.1. The van der Waals surface area contributed by atoms with Gasteiger partial charge in [0.15, 0.2) is 0 Å². The third kappa shape index (κ3) is 4.96. The first kappa shape index (κ1) is 21.5. The van der Waals surface area contributed by atoms with Crippen LogP contribution in [0.3, 0.4) is 0 Å². The summed E-state index contributed by atoms with van der Waals surface area (Å²) in [5, 5.41) is 10.0. The molecule has 3 aromatic rings. The van der Waals surface area contributed by atoms with E-state index in [0.29, 0.717) is 56.2 Å². The summed E-state index contributed by atoms with van der Waals surface area (Å²) >= 11 is 0. The van der Waals surface area contributed by atoms with Crippen molar-refractivity contribution in [3.05, 3.63) is 66.0 Å². The summed E-state index contributed by atoms with van der Waals surface area (Å²) in [4.78, 5) is 31.5. The molecule has 1 aliphatic rings. The third-order valence-corrected chi connectivity index (χ3v) is 5.61. The van der Waals surface area contributed by atoms with Crippen molar-refractivity contribution in [1.29, 1.82) is 0 Å². The van der Waals surface area contributed by atoms with Gasteiger partial charge in [0.05, 0.1) is 12.3 Å². The van der Waals surface area contributed by atoms with Crippen molar-refractivity contribution in [3.8, 4) is 17.1 Å². The van der Waals surface area contributed by atoms with Crippen molar-refractivity contribution >= 4 is 11.8 Å². The zero-order valence-electron chi connectivity index (χ0n) is 18.1. The maximum atomic E-state index is 12.9. The van der Waals surface area contributed by atoms with Gasteiger partial charge in [-0.05, 0) is 44.0 Å². The van der Waals surface area contributed by atoms with Crippen LogP contribution in [0.15, 0.2) is 54.7 Å². The van der Waals surface area contributed by atoms with Crippen LogP contribution < -0.4 is 10.1 Å². The minimum Gasteiger partial charge on any atom is -0.494 e. The molecule has 0 spiro atoms. The highest BCUT2D eigenvalue weighted by molar-refractivity contribution is 5.93. The lowest BCUT2D eigenvalue weighted by molar-refractivity contribution is -0.126. The number of nitrogens with one attached hydrogen (secondary N) is 2. The molecule has 8 heteroatoms. The SMILES string of the molecule is CCOc1ccccc1CNC(=O)C1CCN(C(=O)c2cc(-c3ccccn3)n[nH]2)CC1. The normalized spacial score (nSPS) is 14.2. The lowest BCUT2D eigenvalue weighted by Gasteiger charge is -2.31. The average Bonchev–Trinajstić information content (AvgIpc) is 3.34. The first-order valence-corrected chi connectivity index (χ1v) is 10.9. The van der Waals surface area contributed by atoms with E-state index in [-0.39, 0.29) is 17.7 Å². The molecule has 1 saturated heterocycles. The lowest BCUT2D eigenvalue weighted by atomic mass is 9.95. The molecule has 0 saturated carbocycles. The maximum absolute atomic E-state index is 12.9. The van der Waals surface area contributed by atoms with Crippen LogP contribution in [0.1, 0.15) is 35.8 Å². The molecular weight excluding hydrogens is 406 g/mol. The van der Waals surface area contributed by atoms with E-state index in [1.54, 1.807) is 17.2 Å². The van der Waals surface area contributed by atoms with Crippen molar-refractivity contribution < 1.29 is 14.3 Å². The third-order valence-electron chi connectivity index (χ3n) is 5.61. The van der Waals surface area contributed by atoms with Gasteiger partial charge in [-0.1, -0.05) is 24.3 Å². The zero-order valence-corrected chi connectivity index (χ0v) is 18.1. The van der Waals surface area contributed by atoms with Crippen LogP contribution in [-0.2, 0) is 11.3 Å². The number of aromatic amines is 1. The fourth-order valence-corrected chi connectivity index (χ4v) is 3.86. The van der Waals surface area contributed by atoms with E-state index in [4.69, 9.17) is 4.74 Å². The second-order valence-electron chi connectivity index (χ2n) is 7.71. The number of pyridine rings is 1. The number of para-hydroxylation sites is 1. The fourth-order valence-electron chi connectivity index (χ4n) is 3.86. The number of piperidine rings is 1. The summed E-state index contributed by atoms with van der Waals surface area (Å²) in [5.41, 5.74) is 2.74. The fraction of sp³-hybridized carbons (Fsp3) is 0.333. The Labute approximate surface area is 187 Å². The van der Waals surface area contributed by atoms with Crippen molar-refractivity contribution in [2.45, 2.75) is 26.3 Å². The molecule has 1 aliphatic heterocycles. The first-order valence-electron chi connectivity index (χ1n) is 10.9. The van der Waals surface area contributed by atoms with Crippen LogP contribution >= 0.6 is 0 Å². The highest BCUT2D eigenvalue weighted by Gasteiger charge is 2.28. The minimum absolute atomic E-state index is 0.0161. The van der Waals surface area contributed by atoms with E-state index >= 15 is 0 Å². The molecule has 0 aliphatic carbocycles. The van der Waals surface area contributed by atoms with Gasteiger partial charge in [0.25, 0.3) is 5.91 Å². The van der Waals surface area contributed by atoms with E-state index < -0.39 is 0 Å². The number of hydrogen-bond donors (Lipinski definition) is 2. The van der Waals surface area contributed by atoms with Crippen LogP contribution in [0.2, 0.25) is 0 Å². The summed E-state index contributed by atoms with van der Waals surface area (Å²) in [6, 6.07) is 15.0. The first-order chi connectivity index (χ1) is 15.7. The van der Waals surface area contributed by atoms with E-state index in [0.717, 1.165) is 11.3 Å². The van der Waals surface area contributed by atoms with Crippen molar-refractivity contribution in [3.63, 3.8) is 0 Å². The van der Waals surface area contributed by atoms with Gasteiger partial charge in [-0.15, -0.1) is 0 Å². The summed E-state index contributed by atoms with van der Waals surface area (Å²) in [6.07, 6.45) is 2.95. The Bertz CT molecular complexity index is 1060. The van der Waals surface area contributed by atoms with E-state index in [9.17, 15) is 9.59 Å². The number of hydrogen-bond acceptors (Lipinski definition) is 5. The number of ether oxygens (including phenoxy) is 1. The predicted molar refractivity (Wildman–Crippen MR) is 120 cm³/mol. The molecule has 2 N–H and O–H groups in total. The number of likely N-dealkylation sites (tertiary alicyclic amines) is 1. The number of benzene rings is 1. The summed E-state index contributed by atoms with van der Waals surface area (Å²) in [7, 11) is 0. The van der Waals surface area contributed by atoms with Crippen LogP contribution in [0.5, 0.6) is 5.75 Å². The number of carbonyl (C=O) groups is 2. The Morgan fingerprint density at radius 1 is 1.12 bits per heavy atom. The molecule has 0 unspecified atom stereocenters. The summed E-state index contributed by atoms with van der Waals surface area (Å²) in [6.45, 7) is 4.01. The van der Waals surface area contributed by atoms with Crippen LogP contribution in [-0.4, -0.2) is 51.6 Å². The van der Waals surface area contributed by atoms with Gasteiger partial charge in [-0.25, -0.2) is 0 Å². The van der Waals surface area contributed by atoms with Gasteiger partial charge in [0, 0.05) is 37.3 Å². The molecule has 0 atom stereocenters. The molecule has 166 valence electrons. The highest BCUT2D eigenvalue weighted by atomic mass is 16.5. The smallest absolute Gasteiger partial charge is 0.271 e. The quantitative estimate of drug-likeness (QED) is 0.597. The monoisotopic (exact) mass is 433 g/mol. The van der Waals surface area contributed by atoms with E-state index in [1.165, 1.54) is 0 Å². The van der Waals surface area contributed by atoms with Gasteiger partial charge in [0.2, 0.25) is 5.91 Å². The standard InChI is InChI=1S/C24H27N5O3/c1-2-32-22-9-4-3-7-18(22)16-26-23(30)17-10-13-29(14-11-17)24(31)21-15-20(27-28-21)19-8-5-6-12-25-19/h3-9,12,15,17H,2,10-11,13-14,16H2,1H3,(H,26,30)(H,27,28). The van der Waals surface area contributed by atoms with Gasteiger partial charge in [-0.2, -0.15) is 5.10 Å². The van der Waals surface area contributed by atoms with E-state index in [1.807, 2.05) is 49.4 Å². The van der Waals surface area contributed by atoms with Crippen molar-refractivity contribution in [1.82, 2.24) is 25.4 Å². The Hall–Kier alpha value is -3.68. The number of rotatable bonds is 7. The van der Waals surface area contributed by atoms with Crippen LogP contribution in [0.4, 0.5) is 0 Å². The summed E-state index contributed by atoms with van der Waals surface area (Å²) < 4.78 is 5.62. The largest absolute Gasteiger partial charge is 0.494 e. The zero-order chi connectivity index (χ0) is 22.3. The van der Waals surface area contributed by atoms with Crippen molar-refractivity contribution in [2.75, 3.05) is 19.7 Å². The topological polar surface area (TPSA) is 100 Å². The molecule has 0 radical (unpaired) electrons. The Kier molecular flexibility index (Phi) is 6.79. The van der Waals surface area contributed by atoms with Crippen molar-refractivity contribution in [2.24, 2.45) is 5.92 Å².